The summed E-state index contributed by atoms with van der Waals surface area (Å²) in [5.41, 5.74) is 0. The number of rotatable bonds is 1. The molecule has 0 fully saturated rings. The van der Waals surface area contributed by atoms with E-state index in [1.54, 1.807) is 6.92 Å². The minimum absolute atomic E-state index is 0.502. The van der Waals surface area contributed by atoms with Gasteiger partial charge in [0.2, 0.25) is 0 Å². The normalized spacial score (nSPS) is 11.5. The predicted octanol–water partition coefficient (Wildman–Crippen LogP) is 1.87. The van der Waals surface area contributed by atoms with Crippen molar-refractivity contribution in [3.8, 4) is 11.6 Å². The van der Waals surface area contributed by atoms with Gasteiger partial charge in [-0.15, -0.1) is 0 Å². The van der Waals surface area contributed by atoms with Gasteiger partial charge in [0.05, 0.1) is 0 Å². The van der Waals surface area contributed by atoms with Crippen LogP contribution in [0.4, 0.5) is 0 Å². The van der Waals surface area contributed by atoms with E-state index in [4.69, 9.17) is 21.8 Å². The van der Waals surface area contributed by atoms with Gasteiger partial charge in [-0.25, -0.2) is 0 Å². The molecule has 0 aliphatic carbocycles. The van der Waals surface area contributed by atoms with Crippen molar-refractivity contribution in [2.24, 2.45) is 0 Å². The standard InChI is InChI=1S/C4H6ClN2P/c1-2-8(5,3-6)4-7/h8H,2H2,1H3. The first-order valence-electron chi connectivity index (χ1n) is 2.20. The molecule has 0 aromatic carbocycles. The molecule has 4 heteroatoms. The Labute approximate surface area is 53.8 Å². The second-order valence-corrected chi connectivity index (χ2v) is 6.07. The second-order valence-electron chi connectivity index (χ2n) is 1.38. The van der Waals surface area contributed by atoms with Crippen molar-refractivity contribution in [3.05, 3.63) is 0 Å². The van der Waals surface area contributed by atoms with Crippen LogP contribution in [0.25, 0.3) is 0 Å². The summed E-state index contributed by atoms with van der Waals surface area (Å²) in [7, 11) is 0. The third-order valence-electron chi connectivity index (χ3n) is 0.842. The van der Waals surface area contributed by atoms with Crippen molar-refractivity contribution in [1.82, 2.24) is 0 Å². The van der Waals surface area contributed by atoms with Crippen LogP contribution in [0.1, 0.15) is 6.92 Å². The average molecular weight is 149 g/mol. The minimum atomic E-state index is -2.59. The van der Waals surface area contributed by atoms with Crippen LogP contribution < -0.4 is 0 Å². The Kier molecular flexibility index (Phi) is 2.77. The molecule has 0 atom stereocenters. The Morgan fingerprint density at radius 3 is 1.88 bits per heavy atom. The summed E-state index contributed by atoms with van der Waals surface area (Å²) in [4.78, 5) is 0. The van der Waals surface area contributed by atoms with Gasteiger partial charge in [-0.05, 0) is 0 Å². The molecule has 0 bridgehead atoms. The molecule has 0 aliphatic heterocycles. The van der Waals surface area contributed by atoms with Crippen molar-refractivity contribution >= 4 is 17.9 Å². The molecule has 0 heterocycles. The molecule has 0 aliphatic rings. The predicted molar refractivity (Wildman–Crippen MR) is 35.9 cm³/mol. The number of nitrogens with zero attached hydrogens (tertiary/aromatic N) is 2. The van der Waals surface area contributed by atoms with Crippen LogP contribution in [-0.2, 0) is 0 Å². The zero-order chi connectivity index (χ0) is 6.62. The third kappa shape index (κ3) is 1.66. The first-order chi connectivity index (χ1) is 3.68. The maximum absolute atomic E-state index is 8.24. The summed E-state index contributed by atoms with van der Waals surface area (Å²) in [6.45, 7) is -0.832. The van der Waals surface area contributed by atoms with Crippen molar-refractivity contribution in [2.45, 2.75) is 6.92 Å². The Hall–Kier alpha value is -0.300. The Bertz CT molecular complexity index is 140. The Morgan fingerprint density at radius 1 is 1.50 bits per heavy atom. The van der Waals surface area contributed by atoms with E-state index in [0.29, 0.717) is 6.16 Å². The van der Waals surface area contributed by atoms with Crippen LogP contribution in [0.5, 0.6) is 0 Å². The molecule has 2 nitrogen and oxygen atoms in total. The average Bonchev–Trinajstić information content (AvgIpc) is 1.87. The topological polar surface area (TPSA) is 47.6 Å². The zero-order valence-electron chi connectivity index (χ0n) is 4.48. The van der Waals surface area contributed by atoms with Crippen molar-refractivity contribution < 1.29 is 0 Å². The Balaban J connectivity index is 4.11. The van der Waals surface area contributed by atoms with Gasteiger partial charge in [0, 0.05) is 0 Å². The van der Waals surface area contributed by atoms with E-state index in [1.165, 1.54) is 0 Å². The zero-order valence-corrected chi connectivity index (χ0v) is 6.24. The van der Waals surface area contributed by atoms with Gasteiger partial charge >= 0.3 is 53.1 Å². The van der Waals surface area contributed by atoms with Crippen LogP contribution >= 0.6 is 17.9 Å². The molecule has 0 rings (SSSR count). The third-order valence-corrected chi connectivity index (χ3v) is 3.83. The van der Waals surface area contributed by atoms with Crippen molar-refractivity contribution in [2.75, 3.05) is 6.16 Å². The maximum atomic E-state index is 8.24. The van der Waals surface area contributed by atoms with Crippen molar-refractivity contribution in [3.63, 3.8) is 0 Å². The quantitative estimate of drug-likeness (QED) is 0.533. The summed E-state index contributed by atoms with van der Waals surface area (Å²) in [5, 5.41) is 16.5. The van der Waals surface area contributed by atoms with E-state index in [9.17, 15) is 0 Å². The summed E-state index contributed by atoms with van der Waals surface area (Å²) in [6, 6.07) is 0. The van der Waals surface area contributed by atoms with Crippen LogP contribution in [0, 0.1) is 22.1 Å². The van der Waals surface area contributed by atoms with E-state index in [0.717, 1.165) is 0 Å². The fraction of sp³-hybridized carbons (Fsp3) is 0.500. The van der Waals surface area contributed by atoms with Gasteiger partial charge in [-0.1, -0.05) is 0 Å². The monoisotopic (exact) mass is 148 g/mol. The SMILES string of the molecule is CC[PH](Cl)(C#N)C#N. The molecule has 0 saturated carbocycles. The Morgan fingerprint density at radius 2 is 1.88 bits per heavy atom. The van der Waals surface area contributed by atoms with E-state index in [2.05, 4.69) is 0 Å². The molecule has 0 saturated heterocycles. The molecule has 0 aromatic heterocycles. The van der Waals surface area contributed by atoms with Crippen LogP contribution in [0.15, 0.2) is 0 Å². The number of halogens is 1. The first kappa shape index (κ1) is 7.70. The summed E-state index contributed by atoms with van der Waals surface area (Å²) in [5.74, 6) is 3.64. The molecule has 0 unspecified atom stereocenters. The molecular formula is C4H6ClN2P. The molecule has 0 amide bonds. The van der Waals surface area contributed by atoms with Gasteiger partial charge in [0.1, 0.15) is 0 Å². The van der Waals surface area contributed by atoms with Gasteiger partial charge in [0.25, 0.3) is 0 Å². The van der Waals surface area contributed by atoms with E-state index < -0.39 is 6.62 Å². The molecule has 0 radical (unpaired) electrons. The van der Waals surface area contributed by atoms with E-state index in [-0.39, 0.29) is 0 Å². The van der Waals surface area contributed by atoms with Gasteiger partial charge in [0.15, 0.2) is 0 Å². The summed E-state index contributed by atoms with van der Waals surface area (Å²) < 4.78 is 0. The molecule has 8 heavy (non-hydrogen) atoms. The molecule has 44 valence electrons. The van der Waals surface area contributed by atoms with E-state index >= 15 is 0 Å². The van der Waals surface area contributed by atoms with Crippen LogP contribution in [-0.4, -0.2) is 6.16 Å². The fourth-order valence-electron chi connectivity index (χ4n) is 0.183. The van der Waals surface area contributed by atoms with E-state index in [1.807, 2.05) is 11.6 Å². The van der Waals surface area contributed by atoms with Gasteiger partial charge in [-0.3, -0.25) is 0 Å². The number of hydrogen-bond acceptors (Lipinski definition) is 2. The van der Waals surface area contributed by atoms with Crippen molar-refractivity contribution in [1.29, 1.82) is 10.5 Å². The molecular weight excluding hydrogens is 142 g/mol. The summed E-state index contributed by atoms with van der Waals surface area (Å²) >= 11 is 5.51. The van der Waals surface area contributed by atoms with Crippen LogP contribution in [0.3, 0.4) is 0 Å². The summed E-state index contributed by atoms with van der Waals surface area (Å²) in [6.07, 6.45) is 0.502. The van der Waals surface area contributed by atoms with Gasteiger partial charge < -0.3 is 0 Å². The first-order valence-corrected chi connectivity index (χ1v) is 5.42. The van der Waals surface area contributed by atoms with Gasteiger partial charge in [-0.2, -0.15) is 0 Å². The number of nitriles is 2. The molecule has 0 N–H and O–H groups in total. The fourth-order valence-corrected chi connectivity index (χ4v) is 0.549. The molecule has 0 spiro atoms. The van der Waals surface area contributed by atoms with Crippen LogP contribution in [0.2, 0.25) is 0 Å². The second kappa shape index (κ2) is 2.88. The molecule has 0 aromatic rings. The number of hydrogen-bond donors (Lipinski definition) is 0.